The third-order valence-corrected chi connectivity index (χ3v) is 3.56. The molecule has 0 spiro atoms. The normalized spacial score (nSPS) is 25.7. The van der Waals surface area contributed by atoms with Crippen molar-refractivity contribution < 1.29 is 4.74 Å². The highest BCUT2D eigenvalue weighted by atomic mass is 35.5. The Morgan fingerprint density at radius 2 is 2.07 bits per heavy atom. The molecule has 0 aromatic heterocycles. The first-order chi connectivity index (χ1) is 7.24. The lowest BCUT2D eigenvalue weighted by molar-refractivity contribution is 0.0238. The molecule has 0 aliphatic carbocycles. The van der Waals surface area contributed by atoms with Crippen molar-refractivity contribution in [3.63, 3.8) is 0 Å². The lowest BCUT2D eigenvalue weighted by Gasteiger charge is -2.25. The van der Waals surface area contributed by atoms with Gasteiger partial charge in [-0.2, -0.15) is 0 Å². The number of alkyl halides is 1. The van der Waals surface area contributed by atoms with Crippen molar-refractivity contribution in [1.29, 1.82) is 0 Å². The Hall–Kier alpha value is -0.530. The molecule has 1 fully saturated rings. The molecule has 1 saturated heterocycles. The van der Waals surface area contributed by atoms with Gasteiger partial charge in [-0.1, -0.05) is 29.8 Å². The van der Waals surface area contributed by atoms with Crippen LogP contribution in [0.5, 0.6) is 0 Å². The number of benzene rings is 1. The maximum atomic E-state index is 6.02. The van der Waals surface area contributed by atoms with Gasteiger partial charge in [0, 0.05) is 13.0 Å². The van der Waals surface area contributed by atoms with Gasteiger partial charge in [0.05, 0.1) is 11.5 Å². The molecule has 1 aliphatic heterocycles. The summed E-state index contributed by atoms with van der Waals surface area (Å²) in [5.41, 5.74) is 2.52. The largest absolute Gasteiger partial charge is 0.373 e. The van der Waals surface area contributed by atoms with Crippen LogP contribution in [-0.2, 0) is 11.2 Å². The Morgan fingerprint density at radius 1 is 1.33 bits per heavy atom. The monoisotopic (exact) mass is 224 g/mol. The van der Waals surface area contributed by atoms with E-state index in [9.17, 15) is 0 Å². The molecular formula is C13H17ClO. The first kappa shape index (κ1) is 11.0. The molecule has 1 aromatic carbocycles. The zero-order valence-electron chi connectivity index (χ0n) is 9.13. The summed E-state index contributed by atoms with van der Waals surface area (Å²) in [6, 6.07) is 8.63. The summed E-state index contributed by atoms with van der Waals surface area (Å²) >= 11 is 6.02. The lowest BCUT2D eigenvalue weighted by atomic mass is 9.93. The van der Waals surface area contributed by atoms with Crippen LogP contribution >= 0.6 is 11.6 Å². The van der Waals surface area contributed by atoms with E-state index in [4.69, 9.17) is 16.3 Å². The summed E-state index contributed by atoms with van der Waals surface area (Å²) in [7, 11) is 0. The van der Waals surface area contributed by atoms with E-state index >= 15 is 0 Å². The molecule has 2 rings (SSSR count). The van der Waals surface area contributed by atoms with E-state index in [1.165, 1.54) is 11.1 Å². The second kappa shape index (κ2) is 4.54. The Labute approximate surface area is 96.4 Å². The highest BCUT2D eigenvalue weighted by Gasteiger charge is 2.34. The van der Waals surface area contributed by atoms with Gasteiger partial charge in [0.25, 0.3) is 0 Å². The zero-order chi connectivity index (χ0) is 10.7. The van der Waals surface area contributed by atoms with E-state index in [0.717, 1.165) is 25.9 Å². The van der Waals surface area contributed by atoms with Gasteiger partial charge in [0.1, 0.15) is 0 Å². The molecule has 82 valence electrons. The molecule has 0 saturated carbocycles. The Balaban J connectivity index is 2.09. The topological polar surface area (TPSA) is 9.23 Å². The fourth-order valence-corrected chi connectivity index (χ4v) is 2.43. The molecule has 0 radical (unpaired) electrons. The molecule has 1 nitrogen and oxygen atoms in total. The Morgan fingerprint density at radius 3 is 2.60 bits per heavy atom. The maximum absolute atomic E-state index is 6.02. The van der Waals surface area contributed by atoms with Crippen molar-refractivity contribution >= 4 is 11.6 Å². The SMILES string of the molecule is Cc1ccc(CC2(CCl)CCCO2)cc1. The van der Waals surface area contributed by atoms with Crippen molar-refractivity contribution in [3.05, 3.63) is 35.4 Å². The van der Waals surface area contributed by atoms with Crippen molar-refractivity contribution in [3.8, 4) is 0 Å². The van der Waals surface area contributed by atoms with Crippen molar-refractivity contribution in [2.45, 2.75) is 31.8 Å². The molecule has 0 N–H and O–H groups in total. The highest BCUT2D eigenvalue weighted by molar-refractivity contribution is 6.18. The van der Waals surface area contributed by atoms with Crippen LogP contribution in [-0.4, -0.2) is 18.1 Å². The molecule has 0 amide bonds. The van der Waals surface area contributed by atoms with Crippen molar-refractivity contribution in [2.75, 3.05) is 12.5 Å². The Kier molecular flexibility index (Phi) is 3.32. The fourth-order valence-electron chi connectivity index (χ4n) is 2.13. The minimum absolute atomic E-state index is 0.100. The van der Waals surface area contributed by atoms with E-state index in [0.29, 0.717) is 5.88 Å². The van der Waals surface area contributed by atoms with Crippen molar-refractivity contribution in [1.82, 2.24) is 0 Å². The van der Waals surface area contributed by atoms with Crippen molar-refractivity contribution in [2.24, 2.45) is 0 Å². The number of rotatable bonds is 3. The predicted octanol–water partition coefficient (Wildman–Crippen LogP) is 3.33. The average molecular weight is 225 g/mol. The number of aryl methyl sites for hydroxylation is 1. The van der Waals surface area contributed by atoms with Gasteiger partial charge >= 0.3 is 0 Å². The van der Waals surface area contributed by atoms with Crippen LogP contribution in [0.1, 0.15) is 24.0 Å². The Bertz CT molecular complexity index is 312. The number of ether oxygens (including phenoxy) is 1. The van der Waals surface area contributed by atoms with E-state index in [1.807, 2.05) is 0 Å². The third kappa shape index (κ3) is 2.53. The van der Waals surface area contributed by atoms with Gasteiger partial charge < -0.3 is 4.74 Å². The van der Waals surface area contributed by atoms with E-state index in [-0.39, 0.29) is 5.60 Å². The smallest absolute Gasteiger partial charge is 0.0858 e. The van der Waals surface area contributed by atoms with Crippen LogP contribution in [0.4, 0.5) is 0 Å². The summed E-state index contributed by atoms with van der Waals surface area (Å²) in [6.45, 7) is 2.96. The van der Waals surface area contributed by atoms with Gasteiger partial charge in [-0.15, -0.1) is 11.6 Å². The first-order valence-corrected chi connectivity index (χ1v) is 6.03. The number of halogens is 1. The van der Waals surface area contributed by atoms with Gasteiger partial charge in [-0.25, -0.2) is 0 Å². The minimum atomic E-state index is -0.100. The molecule has 0 bridgehead atoms. The molecule has 1 aromatic rings. The van der Waals surface area contributed by atoms with E-state index in [2.05, 4.69) is 31.2 Å². The summed E-state index contributed by atoms with van der Waals surface area (Å²) in [6.07, 6.45) is 3.17. The van der Waals surface area contributed by atoms with E-state index in [1.54, 1.807) is 0 Å². The predicted molar refractivity (Wildman–Crippen MR) is 63.5 cm³/mol. The van der Waals surface area contributed by atoms with Gasteiger partial charge in [-0.05, 0) is 25.3 Å². The maximum Gasteiger partial charge on any atom is 0.0858 e. The van der Waals surface area contributed by atoms with Crippen LogP contribution in [0, 0.1) is 6.92 Å². The first-order valence-electron chi connectivity index (χ1n) is 5.50. The zero-order valence-corrected chi connectivity index (χ0v) is 9.89. The molecule has 15 heavy (non-hydrogen) atoms. The van der Waals surface area contributed by atoms with Gasteiger partial charge in [0.2, 0.25) is 0 Å². The summed E-state index contributed by atoms with van der Waals surface area (Å²) in [4.78, 5) is 0. The molecule has 1 atom stereocenters. The summed E-state index contributed by atoms with van der Waals surface area (Å²) < 4.78 is 5.79. The third-order valence-electron chi connectivity index (χ3n) is 3.08. The quantitative estimate of drug-likeness (QED) is 0.716. The van der Waals surface area contributed by atoms with Gasteiger partial charge in [-0.3, -0.25) is 0 Å². The van der Waals surface area contributed by atoms with Crippen LogP contribution < -0.4 is 0 Å². The average Bonchev–Trinajstić information content (AvgIpc) is 2.71. The number of hydrogen-bond donors (Lipinski definition) is 0. The highest BCUT2D eigenvalue weighted by Crippen LogP contribution is 2.30. The second-order valence-corrected chi connectivity index (χ2v) is 4.70. The van der Waals surface area contributed by atoms with Crippen LogP contribution in [0.25, 0.3) is 0 Å². The van der Waals surface area contributed by atoms with E-state index < -0.39 is 0 Å². The molecule has 1 unspecified atom stereocenters. The minimum Gasteiger partial charge on any atom is -0.373 e. The van der Waals surface area contributed by atoms with Crippen LogP contribution in [0.2, 0.25) is 0 Å². The van der Waals surface area contributed by atoms with Gasteiger partial charge in [0.15, 0.2) is 0 Å². The molecule has 1 aliphatic rings. The summed E-state index contributed by atoms with van der Waals surface area (Å²) in [5, 5.41) is 0. The standard InChI is InChI=1S/C13H17ClO/c1-11-3-5-12(6-4-11)9-13(10-14)7-2-8-15-13/h3-6H,2,7-10H2,1H3. The number of hydrogen-bond acceptors (Lipinski definition) is 1. The van der Waals surface area contributed by atoms with Crippen LogP contribution in [0.3, 0.4) is 0 Å². The second-order valence-electron chi connectivity index (χ2n) is 4.43. The molecule has 2 heteroatoms. The van der Waals surface area contributed by atoms with Crippen LogP contribution in [0.15, 0.2) is 24.3 Å². The summed E-state index contributed by atoms with van der Waals surface area (Å²) in [5.74, 6) is 0.598. The lowest BCUT2D eigenvalue weighted by Crippen LogP contribution is -2.32. The fraction of sp³-hybridized carbons (Fsp3) is 0.538. The molecule has 1 heterocycles. The molecular weight excluding hydrogens is 208 g/mol.